The van der Waals surface area contributed by atoms with Crippen LogP contribution < -0.4 is 4.72 Å². The van der Waals surface area contributed by atoms with Crippen molar-refractivity contribution in [1.82, 2.24) is 4.98 Å². The van der Waals surface area contributed by atoms with E-state index in [0.29, 0.717) is 0 Å². The second kappa shape index (κ2) is 5.96. The minimum Gasteiger partial charge on any atom is -0.279 e. The van der Waals surface area contributed by atoms with Crippen molar-refractivity contribution in [3.05, 3.63) is 56.3 Å². The summed E-state index contributed by atoms with van der Waals surface area (Å²) in [7, 11) is -3.89. The van der Waals surface area contributed by atoms with Gasteiger partial charge in [0.2, 0.25) is 0 Å². The molecule has 0 fully saturated rings. The van der Waals surface area contributed by atoms with Crippen molar-refractivity contribution in [2.75, 3.05) is 4.72 Å². The fraction of sp³-hybridized carbons (Fsp3) is 0. The summed E-state index contributed by atoms with van der Waals surface area (Å²) >= 11 is 8.61. The number of sulfonamides is 1. The number of nitrogens with zero attached hydrogens (tertiary/aromatic N) is 2. The summed E-state index contributed by atoms with van der Waals surface area (Å²) in [6.45, 7) is 0. The Bertz CT molecular complexity index is 796. The number of aromatic nitrogens is 1. The highest BCUT2D eigenvalue weighted by Crippen LogP contribution is 2.28. The number of hydrogen-bond donors (Lipinski definition) is 1. The smallest absolute Gasteiger partial charge is 0.279 e. The lowest BCUT2D eigenvalue weighted by molar-refractivity contribution is -0.385. The van der Waals surface area contributed by atoms with Gasteiger partial charge in [0.1, 0.15) is 10.0 Å². The summed E-state index contributed by atoms with van der Waals surface area (Å²) in [5.41, 5.74) is -0.177. The van der Waals surface area contributed by atoms with Crippen molar-refractivity contribution in [2.24, 2.45) is 0 Å². The number of nitrogens with one attached hydrogen (secondary N) is 1. The molecule has 10 heteroatoms. The summed E-state index contributed by atoms with van der Waals surface area (Å²) in [5.74, 6) is 0. The van der Waals surface area contributed by atoms with Crippen LogP contribution in [0.15, 0.2) is 45.9 Å². The molecule has 1 heterocycles. The van der Waals surface area contributed by atoms with Crippen LogP contribution in [0.3, 0.4) is 0 Å². The molecule has 0 saturated heterocycles. The molecule has 110 valence electrons. The average Bonchev–Trinajstić information content (AvgIpc) is 2.41. The molecule has 0 bridgehead atoms. The number of hydrogen-bond acceptors (Lipinski definition) is 5. The molecular weight excluding hydrogens is 386 g/mol. The number of pyridine rings is 1. The topological polar surface area (TPSA) is 102 Å². The Hall–Kier alpha value is -1.71. The van der Waals surface area contributed by atoms with Gasteiger partial charge in [0.25, 0.3) is 15.7 Å². The van der Waals surface area contributed by atoms with Crippen LogP contribution in [0.5, 0.6) is 0 Å². The molecule has 1 aromatic carbocycles. The van der Waals surface area contributed by atoms with Gasteiger partial charge in [0, 0.05) is 12.3 Å². The van der Waals surface area contributed by atoms with Crippen molar-refractivity contribution in [3.63, 3.8) is 0 Å². The van der Waals surface area contributed by atoms with Gasteiger partial charge in [-0.25, -0.2) is 13.4 Å². The second-order valence-corrected chi connectivity index (χ2v) is 6.77. The summed E-state index contributed by atoms with van der Waals surface area (Å²) in [5, 5.41) is 11.0. The number of anilines is 1. The van der Waals surface area contributed by atoms with Crippen LogP contribution in [0, 0.1) is 10.1 Å². The number of benzene rings is 1. The molecular formula is C11H7BrClN3O4S. The van der Waals surface area contributed by atoms with Gasteiger partial charge in [0.15, 0.2) is 0 Å². The SMILES string of the molecule is O=[N+]([O-])c1cc(NS(=O)(=O)c2ccc(Cl)nc2)ccc1Br. The zero-order chi connectivity index (χ0) is 15.6. The van der Waals surface area contributed by atoms with Gasteiger partial charge in [-0.1, -0.05) is 11.6 Å². The predicted octanol–water partition coefficient (Wildman–Crippen LogP) is 3.21. The molecule has 0 unspecified atom stereocenters. The lowest BCUT2D eigenvalue weighted by atomic mass is 10.3. The molecule has 2 aromatic rings. The van der Waals surface area contributed by atoms with Gasteiger partial charge in [-0.2, -0.15) is 0 Å². The maximum absolute atomic E-state index is 12.1. The molecule has 0 spiro atoms. The average molecular weight is 393 g/mol. The Kier molecular flexibility index (Phi) is 4.45. The fourth-order valence-electron chi connectivity index (χ4n) is 1.45. The standard InChI is InChI=1S/C11H7BrClN3O4S/c12-9-3-1-7(5-10(9)16(17)18)15-21(19,20)8-2-4-11(13)14-6-8/h1-6,15H. The van der Waals surface area contributed by atoms with Crippen molar-refractivity contribution < 1.29 is 13.3 Å². The van der Waals surface area contributed by atoms with E-state index in [1.807, 2.05) is 0 Å². The molecule has 0 aliphatic rings. The molecule has 1 N–H and O–H groups in total. The predicted molar refractivity (Wildman–Crippen MR) is 80.9 cm³/mol. The van der Waals surface area contributed by atoms with Crippen molar-refractivity contribution in [3.8, 4) is 0 Å². The highest BCUT2D eigenvalue weighted by Gasteiger charge is 2.18. The maximum Gasteiger partial charge on any atom is 0.285 e. The molecule has 21 heavy (non-hydrogen) atoms. The van der Waals surface area contributed by atoms with E-state index >= 15 is 0 Å². The molecule has 0 amide bonds. The number of rotatable bonds is 4. The third kappa shape index (κ3) is 3.69. The van der Waals surface area contributed by atoms with Crippen molar-refractivity contribution >= 4 is 48.9 Å². The first-order chi connectivity index (χ1) is 9.79. The number of halogens is 2. The van der Waals surface area contributed by atoms with E-state index in [1.54, 1.807) is 0 Å². The Labute approximate surface area is 133 Å². The van der Waals surface area contributed by atoms with Crippen LogP contribution in [0.25, 0.3) is 0 Å². The van der Waals surface area contributed by atoms with Crippen LogP contribution in [0.2, 0.25) is 5.15 Å². The zero-order valence-corrected chi connectivity index (χ0v) is 13.3. The van der Waals surface area contributed by atoms with E-state index in [2.05, 4.69) is 25.6 Å². The van der Waals surface area contributed by atoms with E-state index in [-0.39, 0.29) is 25.9 Å². The van der Waals surface area contributed by atoms with Crippen LogP contribution in [-0.4, -0.2) is 18.3 Å². The maximum atomic E-state index is 12.1. The lowest BCUT2D eigenvalue weighted by Crippen LogP contribution is -2.13. The third-order valence-corrected chi connectivity index (χ3v) is 4.67. The summed E-state index contributed by atoms with van der Waals surface area (Å²) in [4.78, 5) is 13.8. The molecule has 0 saturated carbocycles. The van der Waals surface area contributed by atoms with E-state index in [9.17, 15) is 18.5 Å². The Morgan fingerprint density at radius 1 is 1.29 bits per heavy atom. The molecule has 7 nitrogen and oxygen atoms in total. The van der Waals surface area contributed by atoms with E-state index < -0.39 is 14.9 Å². The van der Waals surface area contributed by atoms with Gasteiger partial charge >= 0.3 is 0 Å². The number of nitro groups is 1. The second-order valence-electron chi connectivity index (χ2n) is 3.85. The summed E-state index contributed by atoms with van der Waals surface area (Å²) < 4.78 is 26.7. The van der Waals surface area contributed by atoms with E-state index in [1.165, 1.54) is 24.3 Å². The first kappa shape index (κ1) is 15.7. The summed E-state index contributed by atoms with van der Waals surface area (Å²) in [6, 6.07) is 6.52. The monoisotopic (exact) mass is 391 g/mol. The Balaban J connectivity index is 2.35. The van der Waals surface area contributed by atoms with Crippen LogP contribution >= 0.6 is 27.5 Å². The largest absolute Gasteiger partial charge is 0.285 e. The van der Waals surface area contributed by atoms with Crippen molar-refractivity contribution in [1.29, 1.82) is 0 Å². The quantitative estimate of drug-likeness (QED) is 0.489. The van der Waals surface area contributed by atoms with E-state index in [4.69, 9.17) is 11.6 Å². The van der Waals surface area contributed by atoms with Gasteiger partial charge in [-0.05, 0) is 40.2 Å². The first-order valence-electron chi connectivity index (χ1n) is 5.38. The van der Waals surface area contributed by atoms with Crippen molar-refractivity contribution in [2.45, 2.75) is 4.90 Å². The van der Waals surface area contributed by atoms with Crippen LogP contribution in [0.1, 0.15) is 0 Å². The minimum absolute atomic E-state index is 0.0693. The highest BCUT2D eigenvalue weighted by molar-refractivity contribution is 9.10. The number of nitro benzene ring substituents is 1. The van der Waals surface area contributed by atoms with Gasteiger partial charge in [-0.3, -0.25) is 14.8 Å². The Morgan fingerprint density at radius 2 is 2.00 bits per heavy atom. The minimum atomic E-state index is -3.89. The fourth-order valence-corrected chi connectivity index (χ4v) is 2.95. The van der Waals surface area contributed by atoms with Gasteiger partial charge in [0.05, 0.1) is 15.1 Å². The third-order valence-electron chi connectivity index (χ3n) is 2.41. The van der Waals surface area contributed by atoms with Gasteiger partial charge < -0.3 is 0 Å². The zero-order valence-electron chi connectivity index (χ0n) is 10.2. The first-order valence-corrected chi connectivity index (χ1v) is 8.03. The molecule has 0 radical (unpaired) electrons. The van der Waals surface area contributed by atoms with Crippen LogP contribution in [-0.2, 0) is 10.0 Å². The molecule has 0 aliphatic carbocycles. The normalized spacial score (nSPS) is 11.1. The van der Waals surface area contributed by atoms with E-state index in [0.717, 1.165) is 12.3 Å². The molecule has 1 aromatic heterocycles. The highest BCUT2D eigenvalue weighted by atomic mass is 79.9. The lowest BCUT2D eigenvalue weighted by Gasteiger charge is -2.08. The molecule has 2 rings (SSSR count). The summed E-state index contributed by atoms with van der Waals surface area (Å²) in [6.07, 6.45) is 1.10. The van der Waals surface area contributed by atoms with Crippen LogP contribution in [0.4, 0.5) is 11.4 Å². The molecule has 0 aliphatic heterocycles. The Morgan fingerprint density at radius 3 is 2.57 bits per heavy atom. The van der Waals surface area contributed by atoms with Gasteiger partial charge in [-0.15, -0.1) is 0 Å². The molecule has 0 atom stereocenters.